The van der Waals surface area contributed by atoms with E-state index in [9.17, 15) is 8.42 Å². The number of rotatable bonds is 4. The molecule has 2 aromatic heterocycles. The minimum absolute atomic E-state index is 0.0150. The van der Waals surface area contributed by atoms with Gasteiger partial charge in [0.15, 0.2) is 5.65 Å². The van der Waals surface area contributed by atoms with Crippen LogP contribution in [0.5, 0.6) is 0 Å². The smallest absolute Gasteiger partial charge is 0.214 e. The molecule has 0 unspecified atom stereocenters. The van der Waals surface area contributed by atoms with Gasteiger partial charge in [-0.1, -0.05) is 65.7 Å². The van der Waals surface area contributed by atoms with Gasteiger partial charge >= 0.3 is 0 Å². The minimum atomic E-state index is -4.22. The van der Waals surface area contributed by atoms with E-state index in [1.165, 1.54) is 22.9 Å². The van der Waals surface area contributed by atoms with Crippen molar-refractivity contribution >= 4 is 67.3 Å². The highest BCUT2D eigenvalue weighted by molar-refractivity contribution is 7.92. The fourth-order valence-corrected chi connectivity index (χ4v) is 5.70. The van der Waals surface area contributed by atoms with E-state index < -0.39 is 9.84 Å². The van der Waals surface area contributed by atoms with Crippen molar-refractivity contribution in [3.63, 3.8) is 0 Å². The van der Waals surface area contributed by atoms with E-state index in [1.807, 2.05) is 36.4 Å². The molecule has 2 heterocycles. The van der Waals surface area contributed by atoms with Crippen molar-refractivity contribution in [3.05, 3.63) is 88.4 Å². The average Bonchev–Trinajstić information content (AvgIpc) is 3.09. The summed E-state index contributed by atoms with van der Waals surface area (Å²) in [7, 11) is -4.22. The third-order valence-electron chi connectivity index (χ3n) is 5.00. The third-order valence-corrected chi connectivity index (χ3v) is 7.54. The van der Waals surface area contributed by atoms with Crippen molar-refractivity contribution in [2.75, 3.05) is 5.73 Å². The summed E-state index contributed by atoms with van der Waals surface area (Å²) in [4.78, 5) is 8.76. The molecule has 0 bridgehead atoms. The van der Waals surface area contributed by atoms with Gasteiger partial charge in [0.2, 0.25) is 9.84 Å². The maximum absolute atomic E-state index is 13.7. The second kappa shape index (κ2) is 8.15. The number of anilines is 1. The Balaban J connectivity index is 1.83. The Labute approximate surface area is 199 Å². The fraction of sp³-hybridized carbons (Fsp3) is 0. The van der Waals surface area contributed by atoms with Crippen LogP contribution in [0.4, 0.5) is 5.82 Å². The van der Waals surface area contributed by atoms with Crippen molar-refractivity contribution in [1.29, 1.82) is 0 Å². The van der Waals surface area contributed by atoms with Crippen LogP contribution in [0.1, 0.15) is 5.56 Å². The Morgan fingerprint density at radius 3 is 2.30 bits per heavy atom. The quantitative estimate of drug-likeness (QED) is 0.345. The predicted molar refractivity (Wildman–Crippen MR) is 131 cm³/mol. The van der Waals surface area contributed by atoms with Crippen LogP contribution in [-0.4, -0.2) is 29.3 Å². The minimum Gasteiger partial charge on any atom is -0.382 e. The molecule has 0 aliphatic carbocycles. The van der Waals surface area contributed by atoms with E-state index >= 15 is 0 Å². The van der Waals surface area contributed by atoms with Gasteiger partial charge in [0.1, 0.15) is 16.2 Å². The molecule has 0 fully saturated rings. The first-order chi connectivity index (χ1) is 15.9. The summed E-state index contributed by atoms with van der Waals surface area (Å²) >= 11 is 12.3. The van der Waals surface area contributed by atoms with E-state index in [4.69, 9.17) is 28.9 Å². The SMILES string of the molecule is Nc1c(S(=O)(=O)c2cc(Cl)ccc2Cl)c2nc3ccccc3nc2n1/N=C/c1ccccc1. The van der Waals surface area contributed by atoms with Crippen LogP contribution in [0.15, 0.2) is 87.7 Å². The number of nitrogen functional groups attached to an aromatic ring is 1. The van der Waals surface area contributed by atoms with E-state index in [-0.39, 0.29) is 36.8 Å². The monoisotopic (exact) mass is 495 g/mol. The largest absolute Gasteiger partial charge is 0.382 e. The molecule has 0 saturated carbocycles. The molecule has 33 heavy (non-hydrogen) atoms. The first-order valence-electron chi connectivity index (χ1n) is 9.72. The number of benzene rings is 3. The molecule has 7 nitrogen and oxygen atoms in total. The summed E-state index contributed by atoms with van der Waals surface area (Å²) in [6, 6.07) is 20.7. The van der Waals surface area contributed by atoms with Crippen LogP contribution < -0.4 is 5.73 Å². The van der Waals surface area contributed by atoms with Gasteiger partial charge in [0, 0.05) is 5.02 Å². The van der Waals surface area contributed by atoms with Gasteiger partial charge < -0.3 is 5.73 Å². The highest BCUT2D eigenvalue weighted by atomic mass is 35.5. The molecule has 5 aromatic rings. The second-order valence-electron chi connectivity index (χ2n) is 7.14. The topological polar surface area (TPSA) is 103 Å². The molecular weight excluding hydrogens is 481 g/mol. The second-order valence-corrected chi connectivity index (χ2v) is 9.84. The molecule has 0 atom stereocenters. The number of halogens is 2. The standard InChI is InChI=1S/C23H15Cl2N5O2S/c24-15-10-11-16(25)19(12-15)33(31,32)21-20-23(29-18-9-5-4-8-17(18)28-20)30(22(21)26)27-13-14-6-2-1-3-7-14/h1-13H,26H2/b27-13+. The summed E-state index contributed by atoms with van der Waals surface area (Å²) in [5.41, 5.74) is 8.55. The highest BCUT2D eigenvalue weighted by Crippen LogP contribution is 2.38. The van der Waals surface area contributed by atoms with Crippen molar-refractivity contribution in [1.82, 2.24) is 14.6 Å². The lowest BCUT2D eigenvalue weighted by atomic mass is 10.2. The molecule has 0 amide bonds. The van der Waals surface area contributed by atoms with Crippen LogP contribution in [-0.2, 0) is 9.84 Å². The first kappa shape index (κ1) is 21.4. The molecule has 5 rings (SSSR count). The lowest BCUT2D eigenvalue weighted by Gasteiger charge is -2.07. The lowest BCUT2D eigenvalue weighted by molar-refractivity contribution is 0.597. The number of nitrogens with two attached hydrogens (primary N) is 1. The molecule has 10 heteroatoms. The molecule has 0 radical (unpaired) electrons. The van der Waals surface area contributed by atoms with Gasteiger partial charge in [-0.05, 0) is 35.9 Å². The van der Waals surface area contributed by atoms with E-state index in [1.54, 1.807) is 24.4 Å². The van der Waals surface area contributed by atoms with E-state index in [0.717, 1.165) is 5.56 Å². The molecule has 2 N–H and O–H groups in total. The Kier molecular flexibility index (Phi) is 5.28. The van der Waals surface area contributed by atoms with Crippen molar-refractivity contribution in [2.45, 2.75) is 9.79 Å². The van der Waals surface area contributed by atoms with Gasteiger partial charge in [-0.3, -0.25) is 0 Å². The van der Waals surface area contributed by atoms with Crippen LogP contribution >= 0.6 is 23.2 Å². The summed E-state index contributed by atoms with van der Waals surface area (Å²) < 4.78 is 28.7. The summed E-state index contributed by atoms with van der Waals surface area (Å²) in [5, 5.41) is 4.66. The molecule has 0 saturated heterocycles. The Bertz CT molecular complexity index is 1670. The third kappa shape index (κ3) is 3.72. The molecule has 3 aromatic carbocycles. The number of aromatic nitrogens is 3. The zero-order chi connectivity index (χ0) is 23.2. The number of sulfone groups is 1. The highest BCUT2D eigenvalue weighted by Gasteiger charge is 2.32. The zero-order valence-corrected chi connectivity index (χ0v) is 19.2. The van der Waals surface area contributed by atoms with Gasteiger partial charge in [-0.25, -0.2) is 18.4 Å². The predicted octanol–water partition coefficient (Wildman–Crippen LogP) is 5.19. The molecule has 0 aliphatic heterocycles. The van der Waals surface area contributed by atoms with Crippen molar-refractivity contribution < 1.29 is 8.42 Å². The number of hydrogen-bond donors (Lipinski definition) is 1. The van der Waals surface area contributed by atoms with Crippen molar-refractivity contribution in [2.24, 2.45) is 5.10 Å². The Morgan fingerprint density at radius 1 is 0.909 bits per heavy atom. The number of nitrogens with zero attached hydrogens (tertiary/aromatic N) is 4. The van der Waals surface area contributed by atoms with Crippen LogP contribution in [0.2, 0.25) is 10.0 Å². The lowest BCUT2D eigenvalue weighted by Crippen LogP contribution is -2.07. The molecule has 164 valence electrons. The Hall–Kier alpha value is -3.46. The van der Waals surface area contributed by atoms with Gasteiger partial charge in [-0.2, -0.15) is 9.78 Å². The van der Waals surface area contributed by atoms with Crippen LogP contribution in [0.25, 0.3) is 22.2 Å². The molecule has 0 spiro atoms. The number of fused-ring (bicyclic) bond motifs is 2. The average molecular weight is 496 g/mol. The summed E-state index contributed by atoms with van der Waals surface area (Å²) in [5.74, 6) is -0.136. The van der Waals surface area contributed by atoms with Gasteiger partial charge in [-0.15, -0.1) is 0 Å². The van der Waals surface area contributed by atoms with E-state index in [0.29, 0.717) is 11.0 Å². The maximum atomic E-state index is 13.7. The number of hydrogen-bond acceptors (Lipinski definition) is 6. The normalized spacial score (nSPS) is 12.2. The molecule has 0 aliphatic rings. The van der Waals surface area contributed by atoms with Crippen LogP contribution in [0, 0.1) is 0 Å². The Morgan fingerprint density at radius 2 is 1.58 bits per heavy atom. The first-order valence-corrected chi connectivity index (χ1v) is 12.0. The molecular formula is C23H15Cl2N5O2S. The van der Waals surface area contributed by atoms with Gasteiger partial charge in [0.05, 0.1) is 27.2 Å². The van der Waals surface area contributed by atoms with Crippen LogP contribution in [0.3, 0.4) is 0 Å². The van der Waals surface area contributed by atoms with E-state index in [2.05, 4.69) is 15.1 Å². The van der Waals surface area contributed by atoms with Crippen molar-refractivity contribution in [3.8, 4) is 0 Å². The number of para-hydroxylation sites is 2. The summed E-state index contributed by atoms with van der Waals surface area (Å²) in [6.45, 7) is 0. The summed E-state index contributed by atoms with van der Waals surface area (Å²) in [6.07, 6.45) is 1.56. The maximum Gasteiger partial charge on any atom is 0.214 e. The zero-order valence-electron chi connectivity index (χ0n) is 16.9. The fourth-order valence-electron chi connectivity index (χ4n) is 3.46. The van der Waals surface area contributed by atoms with Gasteiger partial charge in [0.25, 0.3) is 0 Å².